The summed E-state index contributed by atoms with van der Waals surface area (Å²) in [6.45, 7) is 9.08. The Labute approximate surface area is 192 Å². The first-order chi connectivity index (χ1) is 15.0. The summed E-state index contributed by atoms with van der Waals surface area (Å²) in [6.07, 6.45) is 1.29. The molecular formula is C25H34N2O4S. The van der Waals surface area contributed by atoms with E-state index in [2.05, 4.69) is 26.1 Å². The topological polar surface area (TPSA) is 75.7 Å². The number of amides is 1. The summed E-state index contributed by atoms with van der Waals surface area (Å²) >= 11 is 0. The van der Waals surface area contributed by atoms with E-state index in [1.807, 2.05) is 43.3 Å². The van der Waals surface area contributed by atoms with Crippen LogP contribution in [0.2, 0.25) is 0 Å². The lowest BCUT2D eigenvalue weighted by Gasteiger charge is -2.38. The first kappa shape index (κ1) is 24.3. The van der Waals surface area contributed by atoms with Crippen LogP contribution < -0.4 is 10.1 Å². The largest absolute Gasteiger partial charge is 0.497 e. The number of carbonyl (C=O) groups excluding carboxylic acids is 1. The average molecular weight is 459 g/mol. The number of nitrogens with zero attached hydrogens (tertiary/aromatic N) is 1. The summed E-state index contributed by atoms with van der Waals surface area (Å²) in [5, 5.41) is 2.98. The van der Waals surface area contributed by atoms with Crippen LogP contribution in [0.15, 0.2) is 53.4 Å². The number of ether oxygens (including phenoxy) is 1. The molecule has 2 aromatic carbocycles. The van der Waals surface area contributed by atoms with E-state index in [0.29, 0.717) is 25.9 Å². The summed E-state index contributed by atoms with van der Waals surface area (Å²) < 4.78 is 33.3. The third-order valence-corrected chi connectivity index (χ3v) is 8.01. The number of carbonyl (C=O) groups is 1. The maximum absolute atomic E-state index is 13.3. The predicted molar refractivity (Wildman–Crippen MR) is 126 cm³/mol. The lowest BCUT2D eigenvalue weighted by atomic mass is 9.82. The SMILES string of the molecule is COc1cccc(CNC(=O)[C@]2(C)CCCN(S(=O)(=O)c3ccc(C(C)(C)C)cc3)C2)c1. The van der Waals surface area contributed by atoms with Crippen molar-refractivity contribution in [3.05, 3.63) is 59.7 Å². The zero-order chi connectivity index (χ0) is 23.6. The van der Waals surface area contributed by atoms with Gasteiger partial charge < -0.3 is 10.1 Å². The van der Waals surface area contributed by atoms with Gasteiger partial charge in [-0.25, -0.2) is 8.42 Å². The van der Waals surface area contributed by atoms with Crippen molar-refractivity contribution >= 4 is 15.9 Å². The van der Waals surface area contributed by atoms with E-state index in [9.17, 15) is 13.2 Å². The van der Waals surface area contributed by atoms with Gasteiger partial charge in [0.25, 0.3) is 0 Å². The molecule has 2 aromatic rings. The molecule has 1 fully saturated rings. The Balaban J connectivity index is 1.71. The molecule has 6 nitrogen and oxygen atoms in total. The Morgan fingerprint density at radius 3 is 2.47 bits per heavy atom. The molecule has 174 valence electrons. The van der Waals surface area contributed by atoms with Gasteiger partial charge in [-0.15, -0.1) is 0 Å². The summed E-state index contributed by atoms with van der Waals surface area (Å²) in [6, 6.07) is 14.6. The number of methoxy groups -OCH3 is 1. The van der Waals surface area contributed by atoms with E-state index in [0.717, 1.165) is 16.9 Å². The Morgan fingerprint density at radius 1 is 1.16 bits per heavy atom. The molecule has 1 amide bonds. The molecule has 3 rings (SSSR count). The van der Waals surface area contributed by atoms with Crippen molar-refractivity contribution in [3.63, 3.8) is 0 Å². The van der Waals surface area contributed by atoms with Crippen molar-refractivity contribution in [2.45, 2.75) is 57.4 Å². The van der Waals surface area contributed by atoms with E-state index in [1.54, 1.807) is 19.2 Å². The minimum Gasteiger partial charge on any atom is -0.497 e. The minimum absolute atomic E-state index is 0.0488. The number of hydrogen-bond donors (Lipinski definition) is 1. The van der Waals surface area contributed by atoms with Crippen molar-refractivity contribution in [1.29, 1.82) is 0 Å². The van der Waals surface area contributed by atoms with Crippen molar-refractivity contribution in [2.75, 3.05) is 20.2 Å². The highest BCUT2D eigenvalue weighted by Crippen LogP contribution is 2.33. The molecule has 0 spiro atoms. The molecule has 1 aliphatic rings. The molecule has 7 heteroatoms. The zero-order valence-corrected chi connectivity index (χ0v) is 20.5. The molecule has 1 saturated heterocycles. The van der Waals surface area contributed by atoms with Crippen LogP contribution in [0.5, 0.6) is 5.75 Å². The van der Waals surface area contributed by atoms with Crippen LogP contribution >= 0.6 is 0 Å². The van der Waals surface area contributed by atoms with Crippen LogP contribution in [-0.4, -0.2) is 38.8 Å². The zero-order valence-electron chi connectivity index (χ0n) is 19.6. The fraction of sp³-hybridized carbons (Fsp3) is 0.480. The van der Waals surface area contributed by atoms with Gasteiger partial charge in [-0.2, -0.15) is 4.31 Å². The molecule has 0 saturated carbocycles. The smallest absolute Gasteiger partial charge is 0.243 e. The molecule has 32 heavy (non-hydrogen) atoms. The van der Waals surface area contributed by atoms with Crippen molar-refractivity contribution < 1.29 is 17.9 Å². The monoisotopic (exact) mass is 458 g/mol. The third-order valence-electron chi connectivity index (χ3n) is 6.15. The van der Waals surface area contributed by atoms with Crippen molar-refractivity contribution in [1.82, 2.24) is 9.62 Å². The number of sulfonamides is 1. The van der Waals surface area contributed by atoms with Gasteiger partial charge in [0, 0.05) is 19.6 Å². The van der Waals surface area contributed by atoms with Gasteiger partial charge in [0.05, 0.1) is 17.4 Å². The molecule has 1 N–H and O–H groups in total. The molecule has 0 aromatic heterocycles. The van der Waals surface area contributed by atoms with Crippen LogP contribution in [-0.2, 0) is 26.8 Å². The Hall–Kier alpha value is -2.38. The quantitative estimate of drug-likeness (QED) is 0.707. The summed E-state index contributed by atoms with van der Waals surface area (Å²) in [7, 11) is -2.06. The van der Waals surface area contributed by atoms with E-state index in [-0.39, 0.29) is 22.8 Å². The number of nitrogens with one attached hydrogen (secondary N) is 1. The Bertz CT molecular complexity index is 1060. The lowest BCUT2D eigenvalue weighted by molar-refractivity contribution is -0.132. The van der Waals surface area contributed by atoms with Gasteiger partial charge in [-0.3, -0.25) is 4.79 Å². The number of piperidine rings is 1. The highest BCUT2D eigenvalue weighted by molar-refractivity contribution is 7.89. The summed E-state index contributed by atoms with van der Waals surface area (Å²) in [5.41, 5.74) is 1.18. The lowest BCUT2D eigenvalue weighted by Crippen LogP contribution is -2.51. The summed E-state index contributed by atoms with van der Waals surface area (Å²) in [4.78, 5) is 13.3. The predicted octanol–water partition coefficient (Wildman–Crippen LogP) is 4.10. The number of benzene rings is 2. The normalized spacial score (nSPS) is 20.0. The Kier molecular flexibility index (Phi) is 7.00. The molecule has 0 radical (unpaired) electrons. The standard InChI is InChI=1S/C25H34N2O4S/c1-24(2,3)20-10-12-22(13-11-20)32(29,30)27-15-7-14-25(4,18-27)23(28)26-17-19-8-6-9-21(16-19)31-5/h6,8-13,16H,7,14-15,17-18H2,1-5H3,(H,26,28)/t25-/m1/s1. The van der Waals surface area contributed by atoms with Crippen molar-refractivity contribution in [3.8, 4) is 5.75 Å². The number of hydrogen-bond acceptors (Lipinski definition) is 4. The Morgan fingerprint density at radius 2 is 1.84 bits per heavy atom. The maximum Gasteiger partial charge on any atom is 0.243 e. The van der Waals surface area contributed by atoms with E-state index < -0.39 is 15.4 Å². The maximum atomic E-state index is 13.3. The molecule has 0 unspecified atom stereocenters. The third kappa shape index (κ3) is 5.33. The second kappa shape index (κ2) is 9.24. The first-order valence-corrected chi connectivity index (χ1v) is 12.4. The first-order valence-electron chi connectivity index (χ1n) is 11.0. The van der Waals surface area contributed by atoms with Gasteiger partial charge in [0.15, 0.2) is 0 Å². The fourth-order valence-corrected chi connectivity index (χ4v) is 5.64. The van der Waals surface area contributed by atoms with Gasteiger partial charge >= 0.3 is 0 Å². The molecule has 1 heterocycles. The number of rotatable bonds is 6. The average Bonchev–Trinajstić information content (AvgIpc) is 2.77. The molecule has 1 atom stereocenters. The van der Waals surface area contributed by atoms with Crippen LogP contribution in [0.4, 0.5) is 0 Å². The van der Waals surface area contributed by atoms with E-state index in [1.165, 1.54) is 4.31 Å². The molecular weight excluding hydrogens is 424 g/mol. The van der Waals surface area contributed by atoms with Crippen LogP contribution in [0.25, 0.3) is 0 Å². The van der Waals surface area contributed by atoms with E-state index in [4.69, 9.17) is 4.74 Å². The van der Waals surface area contributed by atoms with Crippen molar-refractivity contribution in [2.24, 2.45) is 5.41 Å². The highest BCUT2D eigenvalue weighted by Gasteiger charge is 2.41. The van der Waals surface area contributed by atoms with Gasteiger partial charge in [-0.05, 0) is 60.6 Å². The molecule has 1 aliphatic heterocycles. The van der Waals surface area contributed by atoms with E-state index >= 15 is 0 Å². The van der Waals surface area contributed by atoms with Crippen LogP contribution in [0.3, 0.4) is 0 Å². The van der Waals surface area contributed by atoms with Crippen LogP contribution in [0, 0.1) is 5.41 Å². The fourth-order valence-electron chi connectivity index (χ4n) is 4.04. The van der Waals surface area contributed by atoms with Gasteiger partial charge in [-0.1, -0.05) is 45.0 Å². The highest BCUT2D eigenvalue weighted by atomic mass is 32.2. The molecule has 0 bridgehead atoms. The summed E-state index contributed by atoms with van der Waals surface area (Å²) in [5.74, 6) is 0.596. The second-order valence-electron chi connectivity index (χ2n) is 9.81. The molecule has 0 aliphatic carbocycles. The second-order valence-corrected chi connectivity index (χ2v) is 11.7. The van der Waals surface area contributed by atoms with Gasteiger partial charge in [0.1, 0.15) is 5.75 Å². The minimum atomic E-state index is -3.67. The van der Waals surface area contributed by atoms with Crippen LogP contribution in [0.1, 0.15) is 51.7 Å². The van der Waals surface area contributed by atoms with Gasteiger partial charge in [0.2, 0.25) is 15.9 Å².